The van der Waals surface area contributed by atoms with Crippen LogP contribution in [-0.2, 0) is 0 Å². The van der Waals surface area contributed by atoms with Gasteiger partial charge in [-0.05, 0) is 35.9 Å². The van der Waals surface area contributed by atoms with E-state index in [9.17, 15) is 18.4 Å². The Hall–Kier alpha value is -4.12. The molecule has 8 heteroatoms. The molecule has 4 aromatic rings. The van der Waals surface area contributed by atoms with E-state index >= 15 is 0 Å². The standard InChI is InChI=1S/C21H10F3N5/c22-16-4-3-12(6-15(16)21-13(8-25)2-1-5-27-21)14-7-19(29-28-9-14)20-17(23)10-26-11-18(20)24/h1-7,9-11H. The zero-order chi connectivity index (χ0) is 20.4. The Labute approximate surface area is 163 Å². The maximum Gasteiger partial charge on any atom is 0.153 e. The summed E-state index contributed by atoms with van der Waals surface area (Å²) in [6.07, 6.45) is 4.62. The van der Waals surface area contributed by atoms with E-state index in [1.807, 2.05) is 6.07 Å². The van der Waals surface area contributed by atoms with Crippen molar-refractivity contribution in [3.8, 4) is 39.7 Å². The van der Waals surface area contributed by atoms with Crippen LogP contribution in [0.15, 0.2) is 61.2 Å². The van der Waals surface area contributed by atoms with Gasteiger partial charge >= 0.3 is 0 Å². The van der Waals surface area contributed by atoms with Gasteiger partial charge in [-0.25, -0.2) is 13.2 Å². The first-order valence-corrected chi connectivity index (χ1v) is 8.36. The van der Waals surface area contributed by atoms with E-state index in [1.165, 1.54) is 42.7 Å². The van der Waals surface area contributed by atoms with Crippen LogP contribution < -0.4 is 0 Å². The van der Waals surface area contributed by atoms with Crippen molar-refractivity contribution in [2.24, 2.45) is 0 Å². The lowest BCUT2D eigenvalue weighted by Crippen LogP contribution is -1.97. The monoisotopic (exact) mass is 389 g/mol. The molecular weight excluding hydrogens is 379 g/mol. The molecule has 3 aromatic heterocycles. The molecule has 0 radical (unpaired) electrons. The number of rotatable bonds is 3. The average molecular weight is 389 g/mol. The normalized spacial score (nSPS) is 10.6. The molecule has 29 heavy (non-hydrogen) atoms. The predicted molar refractivity (Wildman–Crippen MR) is 98.5 cm³/mol. The third-order valence-corrected chi connectivity index (χ3v) is 4.25. The Kier molecular flexibility index (Phi) is 4.71. The van der Waals surface area contributed by atoms with Crippen LogP contribution in [-0.4, -0.2) is 20.2 Å². The van der Waals surface area contributed by atoms with Crippen molar-refractivity contribution in [3.63, 3.8) is 0 Å². The van der Waals surface area contributed by atoms with Crippen LogP contribution in [0.1, 0.15) is 5.56 Å². The Bertz CT molecular complexity index is 1250. The first-order chi connectivity index (χ1) is 14.1. The quantitative estimate of drug-likeness (QED) is 0.514. The van der Waals surface area contributed by atoms with Crippen LogP contribution in [0.25, 0.3) is 33.6 Å². The second kappa shape index (κ2) is 7.48. The van der Waals surface area contributed by atoms with Crippen molar-refractivity contribution < 1.29 is 13.2 Å². The predicted octanol–water partition coefficient (Wildman–Crippen LogP) is 4.56. The van der Waals surface area contributed by atoms with Gasteiger partial charge in [0.2, 0.25) is 0 Å². The molecule has 140 valence electrons. The highest BCUT2D eigenvalue weighted by Gasteiger charge is 2.16. The van der Waals surface area contributed by atoms with Gasteiger partial charge in [0.25, 0.3) is 0 Å². The fraction of sp³-hybridized carbons (Fsp3) is 0. The molecule has 0 unspecified atom stereocenters. The summed E-state index contributed by atoms with van der Waals surface area (Å²) >= 11 is 0. The van der Waals surface area contributed by atoms with E-state index in [0.29, 0.717) is 11.1 Å². The molecule has 0 aliphatic rings. The van der Waals surface area contributed by atoms with Gasteiger partial charge in [-0.3, -0.25) is 9.97 Å². The molecule has 1 aromatic carbocycles. The molecule has 0 N–H and O–H groups in total. The fourth-order valence-electron chi connectivity index (χ4n) is 2.90. The third-order valence-electron chi connectivity index (χ3n) is 4.25. The first-order valence-electron chi connectivity index (χ1n) is 8.36. The summed E-state index contributed by atoms with van der Waals surface area (Å²) in [7, 11) is 0. The lowest BCUT2D eigenvalue weighted by Gasteiger charge is -2.09. The van der Waals surface area contributed by atoms with Gasteiger partial charge in [-0.1, -0.05) is 6.07 Å². The molecule has 5 nitrogen and oxygen atoms in total. The summed E-state index contributed by atoms with van der Waals surface area (Å²) in [6, 6.07) is 10.8. The van der Waals surface area contributed by atoms with Crippen molar-refractivity contribution in [1.29, 1.82) is 5.26 Å². The zero-order valence-corrected chi connectivity index (χ0v) is 14.6. The van der Waals surface area contributed by atoms with E-state index in [2.05, 4.69) is 20.2 Å². The molecule has 0 aliphatic heterocycles. The zero-order valence-electron chi connectivity index (χ0n) is 14.6. The Balaban J connectivity index is 1.84. The first kappa shape index (κ1) is 18.3. The third kappa shape index (κ3) is 3.41. The smallest absolute Gasteiger partial charge is 0.153 e. The highest BCUT2D eigenvalue weighted by molar-refractivity contribution is 5.76. The van der Waals surface area contributed by atoms with Crippen molar-refractivity contribution in [3.05, 3.63) is 84.2 Å². The van der Waals surface area contributed by atoms with Crippen molar-refractivity contribution in [2.45, 2.75) is 0 Å². The fourth-order valence-corrected chi connectivity index (χ4v) is 2.90. The lowest BCUT2D eigenvalue weighted by molar-refractivity contribution is 0.578. The Morgan fingerprint density at radius 1 is 0.862 bits per heavy atom. The molecule has 3 heterocycles. The van der Waals surface area contributed by atoms with Crippen molar-refractivity contribution in [2.75, 3.05) is 0 Å². The van der Waals surface area contributed by atoms with E-state index in [-0.39, 0.29) is 28.1 Å². The van der Waals surface area contributed by atoms with Gasteiger partial charge in [0.15, 0.2) is 11.6 Å². The lowest BCUT2D eigenvalue weighted by atomic mass is 9.99. The second-order valence-corrected chi connectivity index (χ2v) is 6.01. The molecule has 0 saturated heterocycles. The van der Waals surface area contributed by atoms with Gasteiger partial charge in [0, 0.05) is 17.3 Å². The van der Waals surface area contributed by atoms with Crippen LogP contribution in [0, 0.1) is 28.8 Å². The van der Waals surface area contributed by atoms with Crippen LogP contribution in [0.5, 0.6) is 0 Å². The van der Waals surface area contributed by atoms with E-state index in [1.54, 1.807) is 6.07 Å². The molecular formula is C21H10F3N5. The molecule has 0 bridgehead atoms. The van der Waals surface area contributed by atoms with E-state index in [4.69, 9.17) is 0 Å². The van der Waals surface area contributed by atoms with Crippen LogP contribution >= 0.6 is 0 Å². The number of halogens is 3. The number of nitrogens with zero attached hydrogens (tertiary/aromatic N) is 5. The number of aromatic nitrogens is 4. The summed E-state index contributed by atoms with van der Waals surface area (Å²) in [5.74, 6) is -2.30. The maximum absolute atomic E-state index is 14.5. The van der Waals surface area contributed by atoms with Crippen molar-refractivity contribution in [1.82, 2.24) is 20.2 Å². The number of hydrogen-bond acceptors (Lipinski definition) is 5. The highest BCUT2D eigenvalue weighted by Crippen LogP contribution is 2.31. The summed E-state index contributed by atoms with van der Waals surface area (Å²) < 4.78 is 42.5. The highest BCUT2D eigenvalue weighted by atomic mass is 19.1. The number of nitriles is 1. The Morgan fingerprint density at radius 3 is 2.41 bits per heavy atom. The summed E-state index contributed by atoms with van der Waals surface area (Å²) in [5, 5.41) is 16.9. The van der Waals surface area contributed by atoms with Crippen LogP contribution in [0.3, 0.4) is 0 Å². The van der Waals surface area contributed by atoms with E-state index in [0.717, 1.165) is 12.4 Å². The van der Waals surface area contributed by atoms with Gasteiger partial charge in [0.05, 0.1) is 41.1 Å². The van der Waals surface area contributed by atoms with Gasteiger partial charge in [-0.15, -0.1) is 0 Å². The van der Waals surface area contributed by atoms with Crippen LogP contribution in [0.2, 0.25) is 0 Å². The molecule has 4 rings (SSSR count). The second-order valence-electron chi connectivity index (χ2n) is 6.01. The maximum atomic E-state index is 14.5. The molecule has 0 aliphatic carbocycles. The van der Waals surface area contributed by atoms with Gasteiger partial charge in [0.1, 0.15) is 11.9 Å². The number of hydrogen-bond donors (Lipinski definition) is 0. The summed E-state index contributed by atoms with van der Waals surface area (Å²) in [5.41, 5.74) is 1.14. The summed E-state index contributed by atoms with van der Waals surface area (Å²) in [4.78, 5) is 7.56. The number of pyridine rings is 2. The molecule has 0 amide bonds. The van der Waals surface area contributed by atoms with Crippen LogP contribution in [0.4, 0.5) is 13.2 Å². The Morgan fingerprint density at radius 2 is 1.66 bits per heavy atom. The largest absolute Gasteiger partial charge is 0.259 e. The van der Waals surface area contributed by atoms with Crippen molar-refractivity contribution >= 4 is 0 Å². The average Bonchev–Trinajstić information content (AvgIpc) is 2.74. The molecule has 0 saturated carbocycles. The molecule has 0 spiro atoms. The van der Waals surface area contributed by atoms with Gasteiger partial charge in [-0.2, -0.15) is 15.5 Å². The topological polar surface area (TPSA) is 75.3 Å². The van der Waals surface area contributed by atoms with Gasteiger partial charge < -0.3 is 0 Å². The molecule has 0 fully saturated rings. The number of benzene rings is 1. The minimum Gasteiger partial charge on any atom is -0.259 e. The van der Waals surface area contributed by atoms with E-state index < -0.39 is 17.5 Å². The minimum absolute atomic E-state index is 0.0266. The summed E-state index contributed by atoms with van der Waals surface area (Å²) in [6.45, 7) is 0. The SMILES string of the molecule is N#Cc1cccnc1-c1cc(-c2cnnc(-c3c(F)cncc3F)c2)ccc1F. The minimum atomic E-state index is -0.872. The molecule has 0 atom stereocenters.